The van der Waals surface area contributed by atoms with E-state index in [1.165, 1.54) is 0 Å². The monoisotopic (exact) mass is 370 g/mol. The number of hydrogen-bond acceptors (Lipinski definition) is 6. The second-order valence-electron chi connectivity index (χ2n) is 7.35. The zero-order chi connectivity index (χ0) is 18.6. The Balaban J connectivity index is 1.47. The summed E-state index contributed by atoms with van der Waals surface area (Å²) in [4.78, 5) is 23.5. The SMILES string of the molecule is COc1ccnc(N2CCCC(c3[nH]ncc3NC(=O)C3CCCC3)C2)n1. The number of nitrogens with one attached hydrogen (secondary N) is 2. The molecule has 4 rings (SSSR count). The first-order chi connectivity index (χ1) is 13.2. The van der Waals surface area contributed by atoms with E-state index in [-0.39, 0.29) is 17.7 Å². The predicted octanol–water partition coefficient (Wildman–Crippen LogP) is 2.72. The van der Waals surface area contributed by atoms with Crippen molar-refractivity contribution in [3.05, 3.63) is 24.2 Å². The van der Waals surface area contributed by atoms with E-state index in [9.17, 15) is 4.79 Å². The molecule has 1 aliphatic carbocycles. The summed E-state index contributed by atoms with van der Waals surface area (Å²) in [7, 11) is 1.61. The van der Waals surface area contributed by atoms with Crippen LogP contribution in [0.2, 0.25) is 0 Å². The predicted molar refractivity (Wildman–Crippen MR) is 102 cm³/mol. The maximum Gasteiger partial charge on any atom is 0.228 e. The molecule has 1 saturated heterocycles. The fourth-order valence-electron chi connectivity index (χ4n) is 4.12. The summed E-state index contributed by atoms with van der Waals surface area (Å²) in [5.74, 6) is 1.75. The van der Waals surface area contributed by atoms with Gasteiger partial charge in [0.1, 0.15) is 0 Å². The van der Waals surface area contributed by atoms with Crippen molar-refractivity contribution in [2.75, 3.05) is 30.4 Å². The third-order valence-corrected chi connectivity index (χ3v) is 5.59. The fourth-order valence-corrected chi connectivity index (χ4v) is 4.12. The van der Waals surface area contributed by atoms with Gasteiger partial charge in [-0.3, -0.25) is 9.89 Å². The molecule has 8 nitrogen and oxygen atoms in total. The van der Waals surface area contributed by atoms with Crippen LogP contribution in [0.15, 0.2) is 18.5 Å². The molecule has 2 aliphatic rings. The van der Waals surface area contributed by atoms with Crippen LogP contribution in [0.1, 0.15) is 50.1 Å². The summed E-state index contributed by atoms with van der Waals surface area (Å²) in [6, 6.07) is 1.75. The topological polar surface area (TPSA) is 96.0 Å². The van der Waals surface area contributed by atoms with Crippen molar-refractivity contribution in [3.8, 4) is 5.88 Å². The van der Waals surface area contributed by atoms with E-state index < -0.39 is 0 Å². The van der Waals surface area contributed by atoms with Crippen molar-refractivity contribution in [2.45, 2.75) is 44.4 Å². The number of anilines is 2. The number of carbonyl (C=O) groups is 1. The highest BCUT2D eigenvalue weighted by Gasteiger charge is 2.28. The lowest BCUT2D eigenvalue weighted by Gasteiger charge is -2.32. The minimum absolute atomic E-state index is 0.124. The molecule has 1 amide bonds. The molecule has 2 fully saturated rings. The summed E-state index contributed by atoms with van der Waals surface area (Å²) < 4.78 is 5.21. The largest absolute Gasteiger partial charge is 0.481 e. The summed E-state index contributed by atoms with van der Waals surface area (Å²) in [5.41, 5.74) is 1.80. The first-order valence-corrected chi connectivity index (χ1v) is 9.70. The van der Waals surface area contributed by atoms with Gasteiger partial charge >= 0.3 is 0 Å². The lowest BCUT2D eigenvalue weighted by molar-refractivity contribution is -0.119. The number of rotatable bonds is 5. The van der Waals surface area contributed by atoms with E-state index in [1.807, 2.05) is 0 Å². The Hall–Kier alpha value is -2.64. The first-order valence-electron chi connectivity index (χ1n) is 9.70. The molecule has 1 aliphatic heterocycles. The van der Waals surface area contributed by atoms with Gasteiger partial charge in [-0.1, -0.05) is 12.8 Å². The van der Waals surface area contributed by atoms with Crippen molar-refractivity contribution < 1.29 is 9.53 Å². The highest BCUT2D eigenvalue weighted by atomic mass is 16.5. The van der Waals surface area contributed by atoms with Crippen molar-refractivity contribution in [1.29, 1.82) is 0 Å². The molecule has 0 aromatic carbocycles. The van der Waals surface area contributed by atoms with Gasteiger partial charge < -0.3 is 15.0 Å². The average Bonchev–Trinajstić information content (AvgIpc) is 3.40. The molecule has 3 heterocycles. The Morgan fingerprint density at radius 3 is 2.96 bits per heavy atom. The molecule has 0 spiro atoms. The molecule has 144 valence electrons. The third kappa shape index (κ3) is 3.89. The third-order valence-electron chi connectivity index (χ3n) is 5.59. The van der Waals surface area contributed by atoms with Gasteiger partial charge in [0.15, 0.2) is 0 Å². The molecule has 0 bridgehead atoms. The molecule has 1 atom stereocenters. The van der Waals surface area contributed by atoms with E-state index in [2.05, 4.69) is 30.4 Å². The van der Waals surface area contributed by atoms with Crippen LogP contribution in [-0.2, 0) is 4.79 Å². The number of H-pyrrole nitrogens is 1. The van der Waals surface area contributed by atoms with Crippen molar-refractivity contribution in [3.63, 3.8) is 0 Å². The Morgan fingerprint density at radius 1 is 1.30 bits per heavy atom. The highest BCUT2D eigenvalue weighted by molar-refractivity contribution is 5.93. The Bertz CT molecular complexity index is 786. The van der Waals surface area contributed by atoms with Crippen LogP contribution >= 0.6 is 0 Å². The lowest BCUT2D eigenvalue weighted by atomic mass is 9.94. The smallest absolute Gasteiger partial charge is 0.228 e. The number of ether oxygens (including phenoxy) is 1. The average molecular weight is 370 g/mol. The van der Waals surface area contributed by atoms with Crippen LogP contribution in [-0.4, -0.2) is 46.3 Å². The minimum atomic E-state index is 0.124. The number of methoxy groups -OCH3 is 1. The van der Waals surface area contributed by atoms with Gasteiger partial charge in [0.25, 0.3) is 0 Å². The van der Waals surface area contributed by atoms with E-state index in [4.69, 9.17) is 4.74 Å². The van der Waals surface area contributed by atoms with Gasteiger partial charge in [0, 0.05) is 37.2 Å². The summed E-state index contributed by atoms with van der Waals surface area (Å²) >= 11 is 0. The molecule has 1 saturated carbocycles. The van der Waals surface area contributed by atoms with Crippen LogP contribution in [0, 0.1) is 5.92 Å². The van der Waals surface area contributed by atoms with Crippen molar-refractivity contribution in [1.82, 2.24) is 20.2 Å². The fraction of sp³-hybridized carbons (Fsp3) is 0.579. The van der Waals surface area contributed by atoms with Crippen LogP contribution < -0.4 is 15.0 Å². The molecule has 1 unspecified atom stereocenters. The normalized spacial score (nSPS) is 20.6. The van der Waals surface area contributed by atoms with Crippen LogP contribution in [0.25, 0.3) is 0 Å². The maximum atomic E-state index is 12.5. The second-order valence-corrected chi connectivity index (χ2v) is 7.35. The lowest BCUT2D eigenvalue weighted by Crippen LogP contribution is -2.36. The zero-order valence-corrected chi connectivity index (χ0v) is 15.6. The zero-order valence-electron chi connectivity index (χ0n) is 15.6. The molecule has 2 aromatic rings. The maximum absolute atomic E-state index is 12.5. The van der Waals surface area contributed by atoms with Gasteiger partial charge in [0.05, 0.1) is 24.7 Å². The highest BCUT2D eigenvalue weighted by Crippen LogP contribution is 2.33. The molecule has 2 N–H and O–H groups in total. The Labute approximate surface area is 158 Å². The van der Waals surface area contributed by atoms with Gasteiger partial charge in [-0.15, -0.1) is 0 Å². The minimum Gasteiger partial charge on any atom is -0.481 e. The number of amides is 1. The Morgan fingerprint density at radius 2 is 2.15 bits per heavy atom. The van der Waals surface area contributed by atoms with Crippen LogP contribution in [0.4, 0.5) is 11.6 Å². The Kier molecular flexibility index (Phi) is 5.22. The van der Waals surface area contributed by atoms with Crippen LogP contribution in [0.5, 0.6) is 5.88 Å². The summed E-state index contributed by atoms with van der Waals surface area (Å²) in [6.45, 7) is 1.68. The van der Waals surface area contributed by atoms with E-state index in [0.29, 0.717) is 11.8 Å². The number of hydrogen-bond donors (Lipinski definition) is 2. The number of aromatic amines is 1. The second kappa shape index (κ2) is 7.94. The quantitative estimate of drug-likeness (QED) is 0.840. The molecule has 8 heteroatoms. The van der Waals surface area contributed by atoms with Gasteiger partial charge in [0.2, 0.25) is 17.7 Å². The first kappa shape index (κ1) is 17.8. The number of piperidine rings is 1. The van der Waals surface area contributed by atoms with Gasteiger partial charge in [-0.2, -0.15) is 10.1 Å². The number of nitrogens with zero attached hydrogens (tertiary/aromatic N) is 4. The number of carbonyl (C=O) groups excluding carboxylic acids is 1. The molecular formula is C19H26N6O2. The molecule has 2 aromatic heterocycles. The standard InChI is InChI=1S/C19H26N6O2/c1-27-16-8-9-20-19(23-16)25-10-4-7-14(12-25)17-15(11-21-24-17)22-18(26)13-5-2-3-6-13/h8-9,11,13-14H,2-7,10,12H2,1H3,(H,21,24)(H,22,26). The number of aromatic nitrogens is 4. The van der Waals surface area contributed by atoms with Crippen molar-refractivity contribution >= 4 is 17.5 Å². The van der Waals surface area contributed by atoms with E-state index >= 15 is 0 Å². The summed E-state index contributed by atoms with van der Waals surface area (Å²) in [5, 5.41) is 10.4. The molecular weight excluding hydrogens is 344 g/mol. The van der Waals surface area contributed by atoms with Gasteiger partial charge in [-0.25, -0.2) is 4.98 Å². The van der Waals surface area contributed by atoms with E-state index in [1.54, 1.807) is 25.6 Å². The van der Waals surface area contributed by atoms with Crippen molar-refractivity contribution in [2.24, 2.45) is 5.92 Å². The molecule has 27 heavy (non-hydrogen) atoms. The molecule has 0 radical (unpaired) electrons. The van der Waals surface area contributed by atoms with E-state index in [0.717, 1.165) is 63.0 Å². The summed E-state index contributed by atoms with van der Waals surface area (Å²) in [6.07, 6.45) is 9.78. The van der Waals surface area contributed by atoms with Crippen LogP contribution in [0.3, 0.4) is 0 Å². The van der Waals surface area contributed by atoms with Gasteiger partial charge in [-0.05, 0) is 25.7 Å².